The Balaban J connectivity index is 1.90. The average molecular weight is 344 g/mol. The maximum atomic E-state index is 13.7. The van der Waals surface area contributed by atoms with Gasteiger partial charge in [0.25, 0.3) is 0 Å². The van der Waals surface area contributed by atoms with E-state index in [1.54, 1.807) is 11.3 Å². The lowest BCUT2D eigenvalue weighted by molar-refractivity contribution is 0.582. The summed E-state index contributed by atoms with van der Waals surface area (Å²) in [7, 11) is 0. The molecule has 0 saturated carbocycles. The van der Waals surface area contributed by atoms with Crippen molar-refractivity contribution in [3.8, 4) is 0 Å². The molecule has 1 aromatic carbocycles. The number of fused-ring (bicyclic) bond motifs is 1. The van der Waals surface area contributed by atoms with Crippen LogP contribution >= 0.6 is 27.3 Å². The van der Waals surface area contributed by atoms with Crippen molar-refractivity contribution in [1.29, 1.82) is 0 Å². The van der Waals surface area contributed by atoms with E-state index >= 15 is 0 Å². The number of nitrogens with one attached hydrogen (secondary N) is 1. The lowest BCUT2D eigenvalue weighted by Crippen LogP contribution is -2.16. The van der Waals surface area contributed by atoms with Crippen LogP contribution in [0, 0.1) is 11.6 Å². The van der Waals surface area contributed by atoms with Crippen LogP contribution in [0.3, 0.4) is 0 Å². The van der Waals surface area contributed by atoms with E-state index in [-0.39, 0.29) is 11.7 Å². The van der Waals surface area contributed by atoms with Crippen molar-refractivity contribution < 1.29 is 8.78 Å². The third-order valence-electron chi connectivity index (χ3n) is 3.34. The summed E-state index contributed by atoms with van der Waals surface area (Å²) in [6, 6.07) is 5.64. The molecule has 0 spiro atoms. The Morgan fingerprint density at radius 2 is 2.11 bits per heavy atom. The highest BCUT2D eigenvalue weighted by molar-refractivity contribution is 9.11. The van der Waals surface area contributed by atoms with Gasteiger partial charge < -0.3 is 5.32 Å². The summed E-state index contributed by atoms with van der Waals surface area (Å²) in [5.74, 6) is -0.839. The molecule has 0 radical (unpaired) electrons. The van der Waals surface area contributed by atoms with Gasteiger partial charge in [-0.25, -0.2) is 8.78 Å². The predicted octanol–water partition coefficient (Wildman–Crippen LogP) is 5.28. The molecule has 1 aliphatic rings. The van der Waals surface area contributed by atoms with E-state index in [1.807, 2.05) is 0 Å². The lowest BCUT2D eigenvalue weighted by atomic mass is 9.94. The molecule has 1 nitrogen and oxygen atoms in total. The molecule has 1 aliphatic carbocycles. The monoisotopic (exact) mass is 343 g/mol. The molecular formula is C14H12BrF2NS. The van der Waals surface area contributed by atoms with Gasteiger partial charge in [-0.3, -0.25) is 0 Å². The summed E-state index contributed by atoms with van der Waals surface area (Å²) in [6.07, 6.45) is 3.07. The van der Waals surface area contributed by atoms with Crippen LogP contribution < -0.4 is 5.32 Å². The van der Waals surface area contributed by atoms with Crippen LogP contribution in [0.15, 0.2) is 28.1 Å². The fourth-order valence-electron chi connectivity index (χ4n) is 2.47. The van der Waals surface area contributed by atoms with Crippen LogP contribution in [-0.2, 0) is 6.42 Å². The SMILES string of the molecule is Fc1ccc(F)c(NC2CCCc3sc(Br)cc32)c1. The van der Waals surface area contributed by atoms with Crippen LogP contribution in [0.5, 0.6) is 0 Å². The van der Waals surface area contributed by atoms with Gasteiger partial charge in [-0.15, -0.1) is 11.3 Å². The van der Waals surface area contributed by atoms with E-state index in [9.17, 15) is 8.78 Å². The lowest BCUT2D eigenvalue weighted by Gasteiger charge is -2.24. The van der Waals surface area contributed by atoms with Gasteiger partial charge in [0, 0.05) is 4.88 Å². The summed E-state index contributed by atoms with van der Waals surface area (Å²) in [5.41, 5.74) is 1.44. The molecule has 1 unspecified atom stereocenters. The number of thiophene rings is 1. The Labute approximate surface area is 122 Å². The number of benzene rings is 1. The Morgan fingerprint density at radius 1 is 1.26 bits per heavy atom. The average Bonchev–Trinajstić information content (AvgIpc) is 2.75. The summed E-state index contributed by atoms with van der Waals surface area (Å²) < 4.78 is 27.9. The maximum absolute atomic E-state index is 13.7. The van der Waals surface area contributed by atoms with Crippen molar-refractivity contribution in [3.63, 3.8) is 0 Å². The van der Waals surface area contributed by atoms with E-state index in [0.717, 1.165) is 35.2 Å². The fourth-order valence-corrected chi connectivity index (χ4v) is 4.29. The van der Waals surface area contributed by atoms with Crippen molar-refractivity contribution in [3.05, 3.63) is 50.1 Å². The number of anilines is 1. The van der Waals surface area contributed by atoms with Gasteiger partial charge >= 0.3 is 0 Å². The van der Waals surface area contributed by atoms with Gasteiger partial charge in [0.1, 0.15) is 11.6 Å². The topological polar surface area (TPSA) is 12.0 Å². The summed E-state index contributed by atoms with van der Waals surface area (Å²) >= 11 is 5.21. The van der Waals surface area contributed by atoms with Crippen molar-refractivity contribution in [1.82, 2.24) is 0 Å². The first-order valence-electron chi connectivity index (χ1n) is 6.13. The van der Waals surface area contributed by atoms with Gasteiger partial charge in [-0.05, 0) is 65.0 Å². The van der Waals surface area contributed by atoms with Crippen molar-refractivity contribution in [2.45, 2.75) is 25.3 Å². The Hall–Kier alpha value is -0.940. The minimum absolute atomic E-state index is 0.0580. The van der Waals surface area contributed by atoms with E-state index in [2.05, 4.69) is 27.3 Å². The van der Waals surface area contributed by atoms with E-state index in [1.165, 1.54) is 16.5 Å². The second-order valence-corrected chi connectivity index (χ2v) is 7.16. The Bertz CT molecular complexity index is 611. The smallest absolute Gasteiger partial charge is 0.146 e. The minimum Gasteiger partial charge on any atom is -0.376 e. The molecule has 0 amide bonds. The van der Waals surface area contributed by atoms with Gasteiger partial charge in [0.15, 0.2) is 0 Å². The molecule has 19 heavy (non-hydrogen) atoms. The molecule has 0 aliphatic heterocycles. The second kappa shape index (κ2) is 5.21. The first-order valence-corrected chi connectivity index (χ1v) is 7.74. The Morgan fingerprint density at radius 3 is 2.95 bits per heavy atom. The third kappa shape index (κ3) is 2.67. The standard InChI is InChI=1S/C14H12BrF2NS/c15-14-7-9-11(2-1-3-13(9)19-14)18-12-6-8(16)4-5-10(12)17/h4-7,11,18H,1-3H2. The number of hydrogen-bond donors (Lipinski definition) is 1. The van der Waals surface area contributed by atoms with E-state index in [0.29, 0.717) is 0 Å². The third-order valence-corrected chi connectivity index (χ3v) is 5.06. The highest BCUT2D eigenvalue weighted by atomic mass is 79.9. The van der Waals surface area contributed by atoms with E-state index in [4.69, 9.17) is 0 Å². The van der Waals surface area contributed by atoms with Crippen LogP contribution in [0.25, 0.3) is 0 Å². The largest absolute Gasteiger partial charge is 0.376 e. The molecule has 1 atom stereocenters. The summed E-state index contributed by atoms with van der Waals surface area (Å²) in [5, 5.41) is 3.13. The molecular weight excluding hydrogens is 332 g/mol. The number of hydrogen-bond acceptors (Lipinski definition) is 2. The zero-order chi connectivity index (χ0) is 13.4. The minimum atomic E-state index is -0.425. The van der Waals surface area contributed by atoms with Gasteiger partial charge in [0.05, 0.1) is 15.5 Å². The molecule has 0 bridgehead atoms. The maximum Gasteiger partial charge on any atom is 0.146 e. The molecule has 3 rings (SSSR count). The van der Waals surface area contributed by atoms with Gasteiger partial charge in [0.2, 0.25) is 0 Å². The molecule has 0 fully saturated rings. The number of halogens is 3. The van der Waals surface area contributed by atoms with Crippen molar-refractivity contribution in [2.24, 2.45) is 0 Å². The van der Waals surface area contributed by atoms with Crippen LogP contribution in [-0.4, -0.2) is 0 Å². The van der Waals surface area contributed by atoms with Gasteiger partial charge in [-0.2, -0.15) is 0 Å². The first-order chi connectivity index (χ1) is 9.13. The zero-order valence-electron chi connectivity index (χ0n) is 10.1. The molecule has 5 heteroatoms. The number of rotatable bonds is 2. The fraction of sp³-hybridized carbons (Fsp3) is 0.286. The van der Waals surface area contributed by atoms with Crippen molar-refractivity contribution in [2.75, 3.05) is 5.32 Å². The van der Waals surface area contributed by atoms with E-state index < -0.39 is 11.6 Å². The normalized spacial score (nSPS) is 18.2. The summed E-state index contributed by atoms with van der Waals surface area (Å²) in [6.45, 7) is 0. The second-order valence-electron chi connectivity index (χ2n) is 4.64. The van der Waals surface area contributed by atoms with Crippen LogP contribution in [0.4, 0.5) is 14.5 Å². The molecule has 100 valence electrons. The predicted molar refractivity (Wildman–Crippen MR) is 77.7 cm³/mol. The van der Waals surface area contributed by atoms with Crippen molar-refractivity contribution >= 4 is 33.0 Å². The molecule has 0 saturated heterocycles. The highest BCUT2D eigenvalue weighted by Gasteiger charge is 2.23. The Kier molecular flexibility index (Phi) is 3.58. The summed E-state index contributed by atoms with van der Waals surface area (Å²) in [4.78, 5) is 1.33. The quantitative estimate of drug-likeness (QED) is 0.782. The first kappa shape index (κ1) is 13.1. The molecule has 1 heterocycles. The number of aryl methyl sites for hydroxylation is 1. The molecule has 1 aromatic heterocycles. The molecule has 2 aromatic rings. The highest BCUT2D eigenvalue weighted by Crippen LogP contribution is 2.39. The van der Waals surface area contributed by atoms with Gasteiger partial charge in [-0.1, -0.05) is 0 Å². The van der Waals surface area contributed by atoms with Crippen LogP contribution in [0.2, 0.25) is 0 Å². The molecule has 1 N–H and O–H groups in total. The zero-order valence-corrected chi connectivity index (χ0v) is 12.5. The van der Waals surface area contributed by atoms with Crippen LogP contribution in [0.1, 0.15) is 29.3 Å².